The third kappa shape index (κ3) is 5.21. The highest BCUT2D eigenvalue weighted by molar-refractivity contribution is 7.13. The lowest BCUT2D eigenvalue weighted by atomic mass is 10.1. The molecule has 0 saturated heterocycles. The maximum Gasteiger partial charge on any atom is 0.282 e. The Bertz CT molecular complexity index is 1670. The standard InChI is InChI=1S/C29H23N7OS/c1-19-26(32-28(31-19)21-10-5-3-6-11-21)20(2)33-34-29(37)22(17-30)16-23-18-36(24-12-7-4-8-13-24)35-27(23)25-14-9-15-38-25/h3-16,18H,1-2H3,(H,31,32)(H,34,37)/b22-16-,33-20+. The summed E-state index contributed by atoms with van der Waals surface area (Å²) in [6.45, 7) is 3.65. The molecule has 0 aliphatic heterocycles. The van der Waals surface area contributed by atoms with Gasteiger partial charge in [0.2, 0.25) is 0 Å². The molecule has 9 heteroatoms. The summed E-state index contributed by atoms with van der Waals surface area (Å²) in [6, 6.07) is 25.3. The number of imidazole rings is 1. The number of H-pyrrole nitrogens is 1. The molecule has 2 aromatic carbocycles. The summed E-state index contributed by atoms with van der Waals surface area (Å²) in [5.41, 5.74) is 7.55. The van der Waals surface area contributed by atoms with Gasteiger partial charge in [-0.1, -0.05) is 54.6 Å². The van der Waals surface area contributed by atoms with E-state index in [0.717, 1.165) is 21.8 Å². The van der Waals surface area contributed by atoms with Crippen molar-refractivity contribution in [2.24, 2.45) is 5.10 Å². The number of nitrogens with one attached hydrogen (secondary N) is 2. The van der Waals surface area contributed by atoms with Gasteiger partial charge in [0, 0.05) is 23.0 Å². The van der Waals surface area contributed by atoms with Crippen LogP contribution < -0.4 is 5.43 Å². The number of amides is 1. The lowest BCUT2D eigenvalue weighted by molar-refractivity contribution is -0.117. The first-order valence-electron chi connectivity index (χ1n) is 11.8. The van der Waals surface area contributed by atoms with Crippen molar-refractivity contribution in [3.8, 4) is 33.7 Å². The molecule has 0 aliphatic rings. The molecule has 0 spiro atoms. The van der Waals surface area contributed by atoms with Gasteiger partial charge in [-0.2, -0.15) is 15.5 Å². The molecule has 0 saturated carbocycles. The number of aromatic nitrogens is 4. The first kappa shape index (κ1) is 24.6. The quantitative estimate of drug-likeness (QED) is 0.124. The van der Waals surface area contributed by atoms with Crippen LogP contribution in [0, 0.1) is 18.3 Å². The van der Waals surface area contributed by atoms with Gasteiger partial charge >= 0.3 is 0 Å². The van der Waals surface area contributed by atoms with Crippen molar-refractivity contribution in [2.75, 3.05) is 0 Å². The van der Waals surface area contributed by atoms with Gasteiger partial charge in [0.05, 0.1) is 16.3 Å². The fourth-order valence-corrected chi connectivity index (χ4v) is 4.64. The van der Waals surface area contributed by atoms with E-state index in [1.54, 1.807) is 11.6 Å². The molecule has 0 aliphatic carbocycles. The number of carbonyl (C=O) groups is 1. The van der Waals surface area contributed by atoms with Gasteiger partial charge in [0.1, 0.15) is 28.9 Å². The van der Waals surface area contributed by atoms with Crippen molar-refractivity contribution < 1.29 is 4.79 Å². The molecular weight excluding hydrogens is 494 g/mol. The first-order valence-corrected chi connectivity index (χ1v) is 12.7. The predicted molar refractivity (Wildman–Crippen MR) is 150 cm³/mol. The minimum atomic E-state index is -0.618. The Hall–Kier alpha value is -5.07. The monoisotopic (exact) mass is 517 g/mol. The van der Waals surface area contributed by atoms with E-state index in [4.69, 9.17) is 5.10 Å². The number of rotatable bonds is 7. The molecule has 2 N–H and O–H groups in total. The summed E-state index contributed by atoms with van der Waals surface area (Å²) >= 11 is 1.53. The lowest BCUT2D eigenvalue weighted by Gasteiger charge is -2.01. The molecule has 1 amide bonds. The highest BCUT2D eigenvalue weighted by Gasteiger charge is 2.16. The van der Waals surface area contributed by atoms with E-state index in [2.05, 4.69) is 20.5 Å². The van der Waals surface area contributed by atoms with Crippen molar-refractivity contribution in [3.63, 3.8) is 0 Å². The SMILES string of the molecule is C/C(=N\NC(=O)/C(C#N)=C\c1cn(-c2ccccc2)nc1-c1cccs1)c1nc(-c2ccccc2)[nH]c1C. The summed E-state index contributed by atoms with van der Waals surface area (Å²) in [7, 11) is 0. The van der Waals surface area contributed by atoms with Gasteiger partial charge in [-0.15, -0.1) is 11.3 Å². The third-order valence-electron chi connectivity index (χ3n) is 5.78. The van der Waals surface area contributed by atoms with E-state index < -0.39 is 5.91 Å². The molecule has 186 valence electrons. The molecule has 0 bridgehead atoms. The molecular formula is C29H23N7OS. The van der Waals surface area contributed by atoms with Gasteiger partial charge in [-0.3, -0.25) is 4.79 Å². The lowest BCUT2D eigenvalue weighted by Crippen LogP contribution is -2.21. The minimum Gasteiger partial charge on any atom is -0.342 e. The number of para-hydroxylation sites is 1. The summed E-state index contributed by atoms with van der Waals surface area (Å²) in [6.07, 6.45) is 3.34. The molecule has 3 aromatic heterocycles. The smallest absolute Gasteiger partial charge is 0.282 e. The van der Waals surface area contributed by atoms with Gasteiger partial charge in [-0.25, -0.2) is 15.1 Å². The van der Waals surface area contributed by atoms with Crippen LogP contribution in [0.25, 0.3) is 33.7 Å². The van der Waals surface area contributed by atoms with Crippen LogP contribution in [0.5, 0.6) is 0 Å². The molecule has 3 heterocycles. The number of carbonyl (C=O) groups excluding carboxylic acids is 1. The maximum absolute atomic E-state index is 12.9. The van der Waals surface area contributed by atoms with Crippen LogP contribution in [0.3, 0.4) is 0 Å². The Morgan fingerprint density at radius 1 is 1.11 bits per heavy atom. The normalized spacial score (nSPS) is 11.8. The third-order valence-corrected chi connectivity index (χ3v) is 6.66. The van der Waals surface area contributed by atoms with Crippen molar-refractivity contribution in [1.82, 2.24) is 25.2 Å². The Balaban J connectivity index is 1.41. The average Bonchev–Trinajstić information content (AvgIpc) is 3.71. The summed E-state index contributed by atoms with van der Waals surface area (Å²) in [5.74, 6) is 0.0982. The minimum absolute atomic E-state index is 0.0873. The van der Waals surface area contributed by atoms with Gasteiger partial charge in [-0.05, 0) is 43.5 Å². The van der Waals surface area contributed by atoms with E-state index in [1.807, 2.05) is 97.4 Å². The van der Waals surface area contributed by atoms with E-state index in [0.29, 0.717) is 28.5 Å². The van der Waals surface area contributed by atoms with Crippen LogP contribution in [-0.2, 0) is 4.79 Å². The van der Waals surface area contributed by atoms with E-state index in [1.165, 1.54) is 17.4 Å². The van der Waals surface area contributed by atoms with E-state index in [9.17, 15) is 10.1 Å². The molecule has 5 aromatic rings. The van der Waals surface area contributed by atoms with Crippen molar-refractivity contribution in [2.45, 2.75) is 13.8 Å². The predicted octanol–water partition coefficient (Wildman–Crippen LogP) is 5.75. The van der Waals surface area contributed by atoms with Crippen LogP contribution >= 0.6 is 11.3 Å². The summed E-state index contributed by atoms with van der Waals surface area (Å²) in [4.78, 5) is 21.8. The van der Waals surface area contributed by atoms with E-state index in [-0.39, 0.29) is 5.57 Å². The fourth-order valence-electron chi connectivity index (χ4n) is 3.91. The molecule has 38 heavy (non-hydrogen) atoms. The number of aryl methyl sites for hydroxylation is 1. The van der Waals surface area contributed by atoms with Crippen molar-refractivity contribution in [3.05, 3.63) is 107 Å². The largest absolute Gasteiger partial charge is 0.342 e. The highest BCUT2D eigenvalue weighted by atomic mass is 32.1. The van der Waals surface area contributed by atoms with Crippen LogP contribution in [0.1, 0.15) is 23.9 Å². The highest BCUT2D eigenvalue weighted by Crippen LogP contribution is 2.29. The molecule has 8 nitrogen and oxygen atoms in total. The van der Waals surface area contributed by atoms with Crippen LogP contribution in [-0.4, -0.2) is 31.4 Å². The molecule has 5 rings (SSSR count). The van der Waals surface area contributed by atoms with E-state index >= 15 is 0 Å². The average molecular weight is 518 g/mol. The Morgan fingerprint density at radius 3 is 2.53 bits per heavy atom. The van der Waals surface area contributed by atoms with Crippen LogP contribution in [0.2, 0.25) is 0 Å². The zero-order valence-corrected chi connectivity index (χ0v) is 21.5. The zero-order chi connectivity index (χ0) is 26.5. The molecule has 0 unspecified atom stereocenters. The zero-order valence-electron chi connectivity index (χ0n) is 20.7. The molecule has 0 fully saturated rings. The molecule has 0 atom stereocenters. The van der Waals surface area contributed by atoms with Gasteiger partial charge in [0.25, 0.3) is 5.91 Å². The number of nitriles is 1. The number of nitrogens with zero attached hydrogens (tertiary/aromatic N) is 5. The Kier molecular flexibility index (Phi) is 7.06. The number of benzene rings is 2. The number of hydrazone groups is 1. The Labute approximate surface area is 223 Å². The van der Waals surface area contributed by atoms with Gasteiger partial charge < -0.3 is 4.98 Å². The number of hydrogen-bond donors (Lipinski definition) is 2. The second kappa shape index (κ2) is 10.9. The van der Waals surface area contributed by atoms with Crippen molar-refractivity contribution >= 4 is 29.0 Å². The van der Waals surface area contributed by atoms with Gasteiger partial charge in [0.15, 0.2) is 0 Å². The van der Waals surface area contributed by atoms with Crippen LogP contribution in [0.4, 0.5) is 0 Å². The topological polar surface area (TPSA) is 112 Å². The first-order chi connectivity index (χ1) is 18.5. The number of aromatic amines is 1. The second-order valence-corrected chi connectivity index (χ2v) is 9.37. The number of hydrogen-bond acceptors (Lipinski definition) is 6. The second-order valence-electron chi connectivity index (χ2n) is 8.42. The number of thiophene rings is 1. The van der Waals surface area contributed by atoms with Crippen LogP contribution in [0.15, 0.2) is 95.0 Å². The maximum atomic E-state index is 12.9. The summed E-state index contributed by atoms with van der Waals surface area (Å²) < 4.78 is 1.74. The summed E-state index contributed by atoms with van der Waals surface area (Å²) in [5, 5.41) is 20.7. The Morgan fingerprint density at radius 2 is 1.84 bits per heavy atom. The fraction of sp³-hybridized carbons (Fsp3) is 0.0690. The molecule has 0 radical (unpaired) electrons. The van der Waals surface area contributed by atoms with Crippen molar-refractivity contribution in [1.29, 1.82) is 5.26 Å².